The van der Waals surface area contributed by atoms with Gasteiger partial charge in [0.15, 0.2) is 0 Å². The average Bonchev–Trinajstić information content (AvgIpc) is 3.32. The molecule has 1 aromatic carbocycles. The Hall–Kier alpha value is -4.40. The van der Waals surface area contributed by atoms with Gasteiger partial charge in [-0.25, -0.2) is 18.2 Å². The maximum atomic E-state index is 14.5. The summed E-state index contributed by atoms with van der Waals surface area (Å²) in [7, 11) is -2.35. The number of alkyl carbamates (subject to hydrolysis) is 1. The molecule has 0 spiro atoms. The average molecular weight is 740 g/mol. The molecule has 4 aliphatic rings. The Kier molecular flexibility index (Phi) is 10.5. The second-order valence-corrected chi connectivity index (χ2v) is 17.4. The van der Waals surface area contributed by atoms with E-state index in [2.05, 4.69) is 26.9 Å². The zero-order valence-electron chi connectivity index (χ0n) is 30.2. The minimum atomic E-state index is -3.93. The molecule has 1 saturated heterocycles. The van der Waals surface area contributed by atoms with Gasteiger partial charge in [-0.1, -0.05) is 33.3 Å². The Morgan fingerprint density at radius 3 is 2.40 bits per heavy atom. The molecule has 6 rings (SSSR count). The van der Waals surface area contributed by atoms with Crippen LogP contribution in [0.25, 0.3) is 10.8 Å². The lowest BCUT2D eigenvalue weighted by atomic mass is 9.85. The van der Waals surface area contributed by atoms with E-state index in [-0.39, 0.29) is 25.5 Å². The highest BCUT2D eigenvalue weighted by atomic mass is 32.2. The number of hydrogen-bond donors (Lipinski definition) is 3. The molecule has 0 bridgehead atoms. The van der Waals surface area contributed by atoms with Crippen molar-refractivity contribution >= 4 is 44.6 Å². The van der Waals surface area contributed by atoms with E-state index >= 15 is 0 Å². The van der Waals surface area contributed by atoms with Crippen LogP contribution in [0, 0.1) is 11.3 Å². The SMILES string of the molecule is C=CC1CC1(NC(=O)C1CC(Oc2nccc3cc(OC)ccc23)CN1C(=O)C(NC(=O)OC1CCCC1)C(C)(C)C)C(=O)NS(=O)(=O)C1CCC1. The third kappa shape index (κ3) is 7.69. The number of ether oxygens (including phenoxy) is 3. The van der Waals surface area contributed by atoms with E-state index in [1.54, 1.807) is 40.1 Å². The first-order valence-corrected chi connectivity index (χ1v) is 19.6. The van der Waals surface area contributed by atoms with Crippen LogP contribution in [0.1, 0.15) is 78.6 Å². The fourth-order valence-corrected chi connectivity index (χ4v) is 8.89. The highest BCUT2D eigenvalue weighted by Gasteiger charge is 2.62. The number of likely N-dealkylation sites (tertiary alicyclic amines) is 1. The second kappa shape index (κ2) is 14.6. The summed E-state index contributed by atoms with van der Waals surface area (Å²) in [5, 5.41) is 6.44. The number of benzene rings is 1. The molecule has 14 nitrogen and oxygen atoms in total. The van der Waals surface area contributed by atoms with Crippen LogP contribution in [-0.4, -0.2) is 90.9 Å². The van der Waals surface area contributed by atoms with Crippen molar-refractivity contribution in [2.24, 2.45) is 11.3 Å². The first-order valence-electron chi connectivity index (χ1n) is 18.0. The molecular weight excluding hydrogens is 691 g/mol. The molecule has 2 heterocycles. The zero-order chi connectivity index (χ0) is 37.4. The fourth-order valence-electron chi connectivity index (χ4n) is 7.33. The molecule has 1 aliphatic heterocycles. The highest BCUT2D eigenvalue weighted by molar-refractivity contribution is 7.90. The third-order valence-corrected chi connectivity index (χ3v) is 12.6. The van der Waals surface area contributed by atoms with Gasteiger partial charge in [-0.15, -0.1) is 6.58 Å². The van der Waals surface area contributed by atoms with E-state index in [4.69, 9.17) is 14.2 Å². The van der Waals surface area contributed by atoms with Gasteiger partial charge in [-0.2, -0.15) is 0 Å². The van der Waals surface area contributed by atoms with Gasteiger partial charge in [0, 0.05) is 23.9 Å². The number of aromatic nitrogens is 1. The van der Waals surface area contributed by atoms with Crippen LogP contribution in [0.5, 0.6) is 11.6 Å². The van der Waals surface area contributed by atoms with E-state index in [1.165, 1.54) is 11.0 Å². The van der Waals surface area contributed by atoms with Crippen LogP contribution in [0.4, 0.5) is 4.79 Å². The Bertz CT molecular complexity index is 1840. The van der Waals surface area contributed by atoms with Gasteiger partial charge in [0.25, 0.3) is 5.91 Å². The van der Waals surface area contributed by atoms with Crippen molar-refractivity contribution in [2.75, 3.05) is 13.7 Å². The van der Waals surface area contributed by atoms with Gasteiger partial charge in [-0.05, 0) is 80.0 Å². The van der Waals surface area contributed by atoms with Crippen LogP contribution in [0.2, 0.25) is 0 Å². The fraction of sp³-hybridized carbons (Fsp3) is 0.595. The number of hydrogen-bond acceptors (Lipinski definition) is 10. The number of sulfonamides is 1. The number of pyridine rings is 1. The molecule has 4 fully saturated rings. The van der Waals surface area contributed by atoms with Crippen molar-refractivity contribution < 1.29 is 41.8 Å². The Labute approximate surface area is 304 Å². The molecule has 2 aromatic rings. The first kappa shape index (κ1) is 37.4. The van der Waals surface area contributed by atoms with Gasteiger partial charge >= 0.3 is 6.09 Å². The lowest BCUT2D eigenvalue weighted by molar-refractivity contribution is -0.143. The molecule has 3 aliphatic carbocycles. The normalized spacial score (nSPS) is 25.5. The summed E-state index contributed by atoms with van der Waals surface area (Å²) >= 11 is 0. The number of carbonyl (C=O) groups excluding carboxylic acids is 4. The van der Waals surface area contributed by atoms with Gasteiger partial charge in [0.05, 0.1) is 18.9 Å². The molecule has 282 valence electrons. The minimum absolute atomic E-state index is 0.0305. The van der Waals surface area contributed by atoms with Crippen LogP contribution >= 0.6 is 0 Å². The van der Waals surface area contributed by atoms with E-state index < -0.39 is 74.1 Å². The predicted octanol–water partition coefficient (Wildman–Crippen LogP) is 3.73. The molecule has 3 saturated carbocycles. The van der Waals surface area contributed by atoms with Crippen molar-refractivity contribution in [3.63, 3.8) is 0 Å². The summed E-state index contributed by atoms with van der Waals surface area (Å²) in [6.07, 6.45) is 6.77. The summed E-state index contributed by atoms with van der Waals surface area (Å²) in [6.45, 7) is 9.17. The first-order chi connectivity index (χ1) is 24.6. The number of nitrogens with zero attached hydrogens (tertiary/aromatic N) is 2. The standard InChI is InChI=1S/C37H49N5O9S/c1-6-23-20-37(23,34(45)41-52(47,48)27-12-9-13-27)40-31(43)29-19-26(50-32-28-15-14-25(49-5)18-22(28)16-17-38-32)21-42(29)33(44)30(36(2,3)4)39-35(46)51-24-10-7-8-11-24/h6,14-18,23-24,26-27,29-30H,1,7-13,19-21H2,2-5H3,(H,39,46)(H,40,43)(H,41,45). The maximum absolute atomic E-state index is 14.5. The van der Waals surface area contributed by atoms with Crippen molar-refractivity contribution in [1.82, 2.24) is 25.2 Å². The van der Waals surface area contributed by atoms with Crippen molar-refractivity contribution in [3.8, 4) is 11.6 Å². The summed E-state index contributed by atoms with van der Waals surface area (Å²) in [5.41, 5.74) is -2.34. The number of nitrogens with one attached hydrogen (secondary N) is 3. The Morgan fingerprint density at radius 1 is 1.06 bits per heavy atom. The lowest BCUT2D eigenvalue weighted by Crippen LogP contribution is -2.60. The number of amides is 4. The zero-order valence-corrected chi connectivity index (χ0v) is 31.0. The summed E-state index contributed by atoms with van der Waals surface area (Å²) < 4.78 is 45.4. The molecule has 15 heteroatoms. The monoisotopic (exact) mass is 739 g/mol. The maximum Gasteiger partial charge on any atom is 0.408 e. The van der Waals surface area contributed by atoms with Crippen LogP contribution < -0.4 is 24.8 Å². The molecule has 5 unspecified atom stereocenters. The molecular formula is C37H49N5O9S. The van der Waals surface area contributed by atoms with E-state index in [9.17, 15) is 27.6 Å². The van der Waals surface area contributed by atoms with Gasteiger partial charge < -0.3 is 29.7 Å². The van der Waals surface area contributed by atoms with Crippen molar-refractivity contribution in [1.29, 1.82) is 0 Å². The molecule has 4 amide bonds. The quantitative estimate of drug-likeness (QED) is 0.271. The molecule has 3 N–H and O–H groups in total. The van der Waals surface area contributed by atoms with Crippen molar-refractivity contribution in [3.05, 3.63) is 43.1 Å². The Balaban J connectivity index is 1.27. The highest BCUT2D eigenvalue weighted by Crippen LogP contribution is 2.45. The summed E-state index contributed by atoms with van der Waals surface area (Å²) in [4.78, 5) is 61.2. The number of fused-ring (bicyclic) bond motifs is 1. The minimum Gasteiger partial charge on any atom is -0.497 e. The molecule has 1 aromatic heterocycles. The van der Waals surface area contributed by atoms with Gasteiger partial charge in [0.2, 0.25) is 27.7 Å². The van der Waals surface area contributed by atoms with Gasteiger partial charge in [0.1, 0.15) is 35.6 Å². The molecule has 52 heavy (non-hydrogen) atoms. The summed E-state index contributed by atoms with van der Waals surface area (Å²) in [6, 6.07) is 5.04. The van der Waals surface area contributed by atoms with E-state index in [0.717, 1.165) is 37.5 Å². The second-order valence-electron chi connectivity index (χ2n) is 15.5. The molecule has 0 radical (unpaired) electrons. The number of methoxy groups -OCH3 is 1. The lowest BCUT2D eigenvalue weighted by Gasteiger charge is -2.35. The van der Waals surface area contributed by atoms with E-state index in [1.807, 2.05) is 18.2 Å². The predicted molar refractivity (Wildman–Crippen MR) is 192 cm³/mol. The Morgan fingerprint density at radius 2 is 1.79 bits per heavy atom. The van der Waals surface area contributed by atoms with Crippen LogP contribution in [-0.2, 0) is 29.1 Å². The number of rotatable bonds is 12. The van der Waals surface area contributed by atoms with Crippen LogP contribution in [0.3, 0.4) is 0 Å². The molecule has 5 atom stereocenters. The van der Waals surface area contributed by atoms with E-state index in [0.29, 0.717) is 29.9 Å². The van der Waals surface area contributed by atoms with Crippen LogP contribution in [0.15, 0.2) is 43.1 Å². The topological polar surface area (TPSA) is 182 Å². The largest absolute Gasteiger partial charge is 0.497 e. The third-order valence-electron chi connectivity index (χ3n) is 10.8. The smallest absolute Gasteiger partial charge is 0.408 e. The number of carbonyl (C=O) groups is 4. The van der Waals surface area contributed by atoms with Crippen molar-refractivity contribution in [2.45, 2.75) is 114 Å². The summed E-state index contributed by atoms with van der Waals surface area (Å²) in [5.74, 6) is -1.58. The van der Waals surface area contributed by atoms with Gasteiger partial charge in [-0.3, -0.25) is 19.1 Å².